The molecular weight excluding hydrogens is 284 g/mol. The second-order valence-corrected chi connectivity index (χ2v) is 4.45. The lowest BCUT2D eigenvalue weighted by Gasteiger charge is -2.08. The van der Waals surface area contributed by atoms with E-state index in [1.807, 2.05) is 35.6 Å². The zero-order valence-electron chi connectivity index (χ0n) is 11.8. The van der Waals surface area contributed by atoms with E-state index in [4.69, 9.17) is 15.2 Å². The summed E-state index contributed by atoms with van der Waals surface area (Å²) in [5.74, 6) is 0.585. The first-order valence-corrected chi connectivity index (χ1v) is 6.62. The van der Waals surface area contributed by atoms with Crippen molar-refractivity contribution in [3.63, 3.8) is 0 Å². The molecule has 0 fully saturated rings. The van der Waals surface area contributed by atoms with Gasteiger partial charge < -0.3 is 15.2 Å². The summed E-state index contributed by atoms with van der Waals surface area (Å²) in [6.07, 6.45) is 0. The Morgan fingerprint density at radius 1 is 0.909 bits per heavy atom. The van der Waals surface area contributed by atoms with E-state index in [1.54, 1.807) is 24.3 Å². The number of urea groups is 1. The Bertz CT molecular complexity index is 626. The molecule has 0 atom stereocenters. The van der Waals surface area contributed by atoms with Crippen molar-refractivity contribution in [1.29, 1.82) is 0 Å². The Hall–Kier alpha value is -3.02. The molecule has 0 saturated heterocycles. The Kier molecular flexibility index (Phi) is 5.37. The molecule has 0 bridgehead atoms. The number of imide groups is 1. The molecule has 3 N–H and O–H groups in total. The summed E-state index contributed by atoms with van der Waals surface area (Å²) in [4.78, 5) is 21.7. The summed E-state index contributed by atoms with van der Waals surface area (Å²) < 4.78 is 10.8. The van der Waals surface area contributed by atoms with Crippen LogP contribution in [0.4, 0.5) is 4.79 Å². The Morgan fingerprint density at radius 3 is 2.09 bits per heavy atom. The van der Waals surface area contributed by atoms with Crippen LogP contribution < -0.4 is 20.5 Å². The van der Waals surface area contributed by atoms with Gasteiger partial charge >= 0.3 is 6.03 Å². The summed E-state index contributed by atoms with van der Waals surface area (Å²) in [6, 6.07) is 15.7. The van der Waals surface area contributed by atoms with Gasteiger partial charge in [-0.1, -0.05) is 30.3 Å². The van der Waals surface area contributed by atoms with Crippen LogP contribution in [0.1, 0.15) is 5.56 Å². The Balaban J connectivity index is 1.80. The van der Waals surface area contributed by atoms with Crippen LogP contribution in [0.2, 0.25) is 0 Å². The lowest BCUT2D eigenvalue weighted by atomic mass is 10.2. The van der Waals surface area contributed by atoms with E-state index in [2.05, 4.69) is 0 Å². The standard InChI is InChI=1S/C16H16N2O4/c17-16(20)18-15(19)11-22-14-8-6-13(7-9-14)21-10-12-4-2-1-3-5-12/h1-9H,10-11H2,(H3,17,18,19,20). The van der Waals surface area contributed by atoms with Gasteiger partial charge in [-0.25, -0.2) is 4.79 Å². The molecule has 3 amide bonds. The van der Waals surface area contributed by atoms with Gasteiger partial charge in [-0.05, 0) is 29.8 Å². The zero-order chi connectivity index (χ0) is 15.8. The van der Waals surface area contributed by atoms with Crippen molar-refractivity contribution in [2.45, 2.75) is 6.61 Å². The molecule has 2 aromatic carbocycles. The van der Waals surface area contributed by atoms with E-state index in [1.165, 1.54) is 0 Å². The molecule has 2 rings (SSSR count). The van der Waals surface area contributed by atoms with E-state index >= 15 is 0 Å². The number of carbonyl (C=O) groups excluding carboxylic acids is 2. The van der Waals surface area contributed by atoms with Gasteiger partial charge in [-0.15, -0.1) is 0 Å². The highest BCUT2D eigenvalue weighted by Crippen LogP contribution is 2.18. The van der Waals surface area contributed by atoms with E-state index in [0.717, 1.165) is 5.56 Å². The van der Waals surface area contributed by atoms with Crippen molar-refractivity contribution < 1.29 is 19.1 Å². The van der Waals surface area contributed by atoms with Crippen LogP contribution in [0.15, 0.2) is 54.6 Å². The predicted molar refractivity (Wildman–Crippen MR) is 80.4 cm³/mol. The van der Waals surface area contributed by atoms with Crippen molar-refractivity contribution in [1.82, 2.24) is 5.32 Å². The summed E-state index contributed by atoms with van der Waals surface area (Å²) in [5.41, 5.74) is 5.90. The van der Waals surface area contributed by atoms with Gasteiger partial charge in [-0.3, -0.25) is 10.1 Å². The third kappa shape index (κ3) is 5.16. The van der Waals surface area contributed by atoms with Gasteiger partial charge in [0.05, 0.1) is 0 Å². The quantitative estimate of drug-likeness (QED) is 0.851. The fraction of sp³-hybridized carbons (Fsp3) is 0.125. The molecule has 0 spiro atoms. The summed E-state index contributed by atoms with van der Waals surface area (Å²) in [6.45, 7) is 0.190. The third-order valence-electron chi connectivity index (χ3n) is 2.70. The number of benzene rings is 2. The average Bonchev–Trinajstić information content (AvgIpc) is 2.52. The molecule has 0 heterocycles. The van der Waals surface area contributed by atoms with Crippen molar-refractivity contribution in [2.75, 3.05) is 6.61 Å². The molecule has 0 unspecified atom stereocenters. The van der Waals surface area contributed by atoms with E-state index in [9.17, 15) is 9.59 Å². The van der Waals surface area contributed by atoms with E-state index in [-0.39, 0.29) is 6.61 Å². The highest BCUT2D eigenvalue weighted by atomic mass is 16.5. The van der Waals surface area contributed by atoms with Crippen LogP contribution >= 0.6 is 0 Å². The molecule has 0 aliphatic carbocycles. The number of primary amides is 1. The van der Waals surface area contributed by atoms with E-state index < -0.39 is 11.9 Å². The van der Waals surface area contributed by atoms with Crippen LogP contribution in [0.25, 0.3) is 0 Å². The monoisotopic (exact) mass is 300 g/mol. The number of nitrogens with one attached hydrogen (secondary N) is 1. The number of nitrogens with two attached hydrogens (primary N) is 1. The summed E-state index contributed by atoms with van der Waals surface area (Å²) in [5, 5.41) is 1.91. The molecule has 22 heavy (non-hydrogen) atoms. The minimum atomic E-state index is -0.904. The van der Waals surface area contributed by atoms with Crippen LogP contribution in [0.5, 0.6) is 11.5 Å². The number of amides is 3. The lowest BCUT2D eigenvalue weighted by Crippen LogP contribution is -2.38. The lowest BCUT2D eigenvalue weighted by molar-refractivity contribution is -0.121. The first-order chi connectivity index (χ1) is 10.6. The van der Waals surface area contributed by atoms with E-state index in [0.29, 0.717) is 18.1 Å². The fourth-order valence-electron chi connectivity index (χ4n) is 1.70. The molecule has 6 nitrogen and oxygen atoms in total. The maximum atomic E-state index is 11.2. The number of carbonyl (C=O) groups is 2. The highest BCUT2D eigenvalue weighted by Gasteiger charge is 2.05. The van der Waals surface area contributed by atoms with Gasteiger partial charge in [0.15, 0.2) is 6.61 Å². The molecule has 2 aromatic rings. The first kappa shape index (κ1) is 15.4. The molecule has 0 radical (unpaired) electrons. The Labute approximate surface area is 127 Å². The maximum Gasteiger partial charge on any atom is 0.318 e. The molecule has 114 valence electrons. The molecule has 0 aliphatic rings. The van der Waals surface area contributed by atoms with Crippen LogP contribution in [0, 0.1) is 0 Å². The van der Waals surface area contributed by atoms with Crippen molar-refractivity contribution >= 4 is 11.9 Å². The number of rotatable bonds is 6. The molecule has 6 heteroatoms. The number of ether oxygens (including phenoxy) is 2. The number of hydrogen-bond acceptors (Lipinski definition) is 4. The summed E-state index contributed by atoms with van der Waals surface area (Å²) in [7, 11) is 0. The van der Waals surface area contributed by atoms with Gasteiger partial charge in [0.25, 0.3) is 5.91 Å². The summed E-state index contributed by atoms with van der Waals surface area (Å²) >= 11 is 0. The van der Waals surface area contributed by atoms with Crippen LogP contribution in [0.3, 0.4) is 0 Å². The SMILES string of the molecule is NC(=O)NC(=O)COc1ccc(OCc2ccccc2)cc1. The normalized spacial score (nSPS) is 9.82. The minimum Gasteiger partial charge on any atom is -0.489 e. The maximum absolute atomic E-state index is 11.2. The van der Waals surface area contributed by atoms with Crippen LogP contribution in [-0.4, -0.2) is 18.5 Å². The third-order valence-corrected chi connectivity index (χ3v) is 2.70. The first-order valence-electron chi connectivity index (χ1n) is 6.62. The smallest absolute Gasteiger partial charge is 0.318 e. The minimum absolute atomic E-state index is 0.285. The van der Waals surface area contributed by atoms with Gasteiger partial charge in [-0.2, -0.15) is 0 Å². The van der Waals surface area contributed by atoms with Gasteiger partial charge in [0, 0.05) is 0 Å². The topological polar surface area (TPSA) is 90.7 Å². The second kappa shape index (κ2) is 7.68. The van der Waals surface area contributed by atoms with Gasteiger partial charge in [0.1, 0.15) is 18.1 Å². The molecule has 0 aromatic heterocycles. The van der Waals surface area contributed by atoms with Crippen LogP contribution in [-0.2, 0) is 11.4 Å². The number of hydrogen-bond donors (Lipinski definition) is 2. The molecule has 0 saturated carbocycles. The Morgan fingerprint density at radius 2 is 1.50 bits per heavy atom. The average molecular weight is 300 g/mol. The van der Waals surface area contributed by atoms with Crippen molar-refractivity contribution in [2.24, 2.45) is 5.73 Å². The predicted octanol–water partition coefficient (Wildman–Crippen LogP) is 1.84. The fourth-order valence-corrected chi connectivity index (χ4v) is 1.70. The van der Waals surface area contributed by atoms with Crippen molar-refractivity contribution in [3.05, 3.63) is 60.2 Å². The molecular formula is C16H16N2O4. The van der Waals surface area contributed by atoms with Gasteiger partial charge in [0.2, 0.25) is 0 Å². The molecule has 0 aliphatic heterocycles. The second-order valence-electron chi connectivity index (χ2n) is 4.45. The highest BCUT2D eigenvalue weighted by molar-refractivity contribution is 5.94. The largest absolute Gasteiger partial charge is 0.489 e. The van der Waals surface area contributed by atoms with Crippen molar-refractivity contribution in [3.8, 4) is 11.5 Å². The zero-order valence-corrected chi connectivity index (χ0v) is 11.8.